The molecule has 0 atom stereocenters. The van der Waals surface area contributed by atoms with Gasteiger partial charge in [0.2, 0.25) is 0 Å². The Morgan fingerprint density at radius 1 is 1.12 bits per heavy atom. The topological polar surface area (TPSA) is 103 Å². The van der Waals surface area contributed by atoms with Gasteiger partial charge in [0.25, 0.3) is 11.5 Å². The van der Waals surface area contributed by atoms with Gasteiger partial charge in [0.05, 0.1) is 22.5 Å². The number of halogens is 3. The Hall–Kier alpha value is -4.39. The van der Waals surface area contributed by atoms with Crippen molar-refractivity contribution in [3.8, 4) is 17.2 Å². The van der Waals surface area contributed by atoms with E-state index >= 15 is 0 Å². The van der Waals surface area contributed by atoms with E-state index in [-0.39, 0.29) is 33.7 Å². The maximum atomic E-state index is 13.8. The van der Waals surface area contributed by atoms with Gasteiger partial charge in [-0.25, -0.2) is 4.98 Å². The zero-order valence-corrected chi connectivity index (χ0v) is 17.4. The molecule has 0 saturated heterocycles. The molecule has 2 N–H and O–H groups in total. The number of fused-ring (bicyclic) bond motifs is 1. The quantitative estimate of drug-likeness (QED) is 0.480. The summed E-state index contributed by atoms with van der Waals surface area (Å²) >= 11 is 0. The highest BCUT2D eigenvalue weighted by Gasteiger charge is 2.38. The second kappa shape index (κ2) is 7.94. The van der Waals surface area contributed by atoms with E-state index in [2.05, 4.69) is 15.4 Å². The lowest BCUT2D eigenvalue weighted by Gasteiger charge is -2.10. The number of rotatable bonds is 3. The van der Waals surface area contributed by atoms with Crippen LogP contribution in [0.25, 0.3) is 16.8 Å². The standard InChI is InChI=1S/C23H16F3N5O2/c1-12-7-6-10-16(15(12)11-27)29-21(32)17-13(2)28-20-18(14-8-4-3-5-9-14)19(23(24,25)26)30-31(20)22(17)33/h3-10,30H,1-2H3,(H,29,32). The van der Waals surface area contributed by atoms with Gasteiger partial charge in [0.1, 0.15) is 17.3 Å². The highest BCUT2D eigenvalue weighted by Crippen LogP contribution is 2.38. The molecule has 33 heavy (non-hydrogen) atoms. The Morgan fingerprint density at radius 3 is 2.45 bits per heavy atom. The first-order valence-electron chi connectivity index (χ1n) is 9.72. The Kier molecular flexibility index (Phi) is 5.25. The predicted molar refractivity (Wildman–Crippen MR) is 115 cm³/mol. The van der Waals surface area contributed by atoms with Crippen molar-refractivity contribution in [2.45, 2.75) is 20.0 Å². The monoisotopic (exact) mass is 451 g/mol. The Morgan fingerprint density at radius 2 is 1.82 bits per heavy atom. The van der Waals surface area contributed by atoms with Gasteiger partial charge in [-0.3, -0.25) is 14.7 Å². The number of nitrogens with zero attached hydrogens (tertiary/aromatic N) is 3. The smallest absolute Gasteiger partial charge is 0.321 e. The lowest BCUT2D eigenvalue weighted by atomic mass is 10.1. The summed E-state index contributed by atoms with van der Waals surface area (Å²) in [6.45, 7) is 3.05. The van der Waals surface area contributed by atoms with Crippen molar-refractivity contribution in [2.75, 3.05) is 5.32 Å². The fourth-order valence-corrected chi connectivity index (χ4v) is 3.63. The van der Waals surface area contributed by atoms with Crippen LogP contribution in [0, 0.1) is 25.2 Å². The van der Waals surface area contributed by atoms with E-state index in [9.17, 15) is 28.0 Å². The van der Waals surface area contributed by atoms with Crippen molar-refractivity contribution < 1.29 is 18.0 Å². The van der Waals surface area contributed by atoms with E-state index in [0.29, 0.717) is 10.1 Å². The minimum atomic E-state index is -4.80. The molecule has 1 amide bonds. The summed E-state index contributed by atoms with van der Waals surface area (Å²) in [6, 6.07) is 14.5. The molecular formula is C23H16F3N5O2. The van der Waals surface area contributed by atoms with Crippen molar-refractivity contribution in [1.82, 2.24) is 14.6 Å². The van der Waals surface area contributed by atoms with Gasteiger partial charge in [0.15, 0.2) is 5.65 Å². The van der Waals surface area contributed by atoms with Gasteiger partial charge < -0.3 is 5.32 Å². The first-order valence-corrected chi connectivity index (χ1v) is 9.72. The summed E-state index contributed by atoms with van der Waals surface area (Å²) in [4.78, 5) is 30.2. The van der Waals surface area contributed by atoms with Crippen molar-refractivity contribution in [3.63, 3.8) is 0 Å². The molecule has 4 rings (SSSR count). The molecule has 0 aliphatic rings. The SMILES string of the molecule is Cc1cccc(NC(=O)c2c(C)nc3c(-c4ccccc4)c(C(F)(F)F)[nH]n3c2=O)c1C#N. The van der Waals surface area contributed by atoms with Crippen LogP contribution in [-0.4, -0.2) is 20.5 Å². The molecule has 2 heterocycles. The highest BCUT2D eigenvalue weighted by molar-refractivity contribution is 6.05. The van der Waals surface area contributed by atoms with Crippen LogP contribution >= 0.6 is 0 Å². The van der Waals surface area contributed by atoms with Crippen molar-refractivity contribution in [3.05, 3.63) is 87.0 Å². The number of nitrogens with one attached hydrogen (secondary N) is 2. The molecular weight excluding hydrogens is 435 g/mol. The number of aromatic amines is 1. The third kappa shape index (κ3) is 3.74. The van der Waals surface area contributed by atoms with Crippen LogP contribution in [-0.2, 0) is 6.18 Å². The largest absolute Gasteiger partial charge is 0.433 e. The molecule has 0 fully saturated rings. The molecule has 166 valence electrons. The molecule has 4 aromatic rings. The van der Waals surface area contributed by atoms with Gasteiger partial charge in [-0.15, -0.1) is 0 Å². The van der Waals surface area contributed by atoms with Gasteiger partial charge in [-0.2, -0.15) is 22.9 Å². The second-order valence-corrected chi connectivity index (χ2v) is 7.33. The molecule has 10 heteroatoms. The maximum Gasteiger partial charge on any atom is 0.433 e. The lowest BCUT2D eigenvalue weighted by molar-refractivity contribution is -0.140. The Labute approximate surface area is 185 Å². The number of H-pyrrole nitrogens is 1. The molecule has 7 nitrogen and oxygen atoms in total. The summed E-state index contributed by atoms with van der Waals surface area (Å²) in [5.41, 5.74) is -1.95. The van der Waals surface area contributed by atoms with Crippen molar-refractivity contribution in [1.29, 1.82) is 5.26 Å². The van der Waals surface area contributed by atoms with Crippen LogP contribution < -0.4 is 10.9 Å². The van der Waals surface area contributed by atoms with Gasteiger partial charge in [-0.05, 0) is 31.0 Å². The summed E-state index contributed by atoms with van der Waals surface area (Å²) in [5.74, 6) is -0.883. The number of nitriles is 1. The van der Waals surface area contributed by atoms with Gasteiger partial charge in [-0.1, -0.05) is 42.5 Å². The van der Waals surface area contributed by atoms with E-state index in [1.54, 1.807) is 37.3 Å². The second-order valence-electron chi connectivity index (χ2n) is 7.33. The summed E-state index contributed by atoms with van der Waals surface area (Å²) in [5, 5.41) is 13.9. The van der Waals surface area contributed by atoms with Gasteiger partial charge in [0, 0.05) is 0 Å². The minimum Gasteiger partial charge on any atom is -0.321 e. The number of amides is 1. The maximum absolute atomic E-state index is 13.8. The van der Waals surface area contributed by atoms with E-state index in [1.165, 1.54) is 25.1 Å². The third-order valence-corrected chi connectivity index (χ3v) is 5.17. The predicted octanol–water partition coefficient (Wildman–Crippen LogP) is 4.45. The average Bonchev–Trinajstić information content (AvgIpc) is 3.15. The van der Waals surface area contributed by atoms with E-state index < -0.39 is 28.9 Å². The van der Waals surface area contributed by atoms with Crippen molar-refractivity contribution >= 4 is 17.2 Å². The van der Waals surface area contributed by atoms with Crippen LogP contribution in [0.1, 0.15) is 32.9 Å². The summed E-state index contributed by atoms with van der Waals surface area (Å²) in [7, 11) is 0. The first-order chi connectivity index (χ1) is 15.6. The lowest BCUT2D eigenvalue weighted by Crippen LogP contribution is -2.29. The third-order valence-electron chi connectivity index (χ3n) is 5.17. The average molecular weight is 451 g/mol. The fourth-order valence-electron chi connectivity index (χ4n) is 3.63. The highest BCUT2D eigenvalue weighted by atomic mass is 19.4. The number of aromatic nitrogens is 3. The zero-order chi connectivity index (χ0) is 23.9. The van der Waals surface area contributed by atoms with Crippen LogP contribution in [0.2, 0.25) is 0 Å². The van der Waals surface area contributed by atoms with E-state index in [1.807, 2.05) is 6.07 Å². The molecule has 0 saturated carbocycles. The molecule has 2 aromatic carbocycles. The molecule has 0 aliphatic carbocycles. The summed E-state index contributed by atoms with van der Waals surface area (Å²) in [6.07, 6.45) is -4.80. The molecule has 0 unspecified atom stereocenters. The number of aryl methyl sites for hydroxylation is 2. The van der Waals surface area contributed by atoms with Gasteiger partial charge >= 0.3 is 6.18 Å². The van der Waals surface area contributed by atoms with Crippen LogP contribution in [0.5, 0.6) is 0 Å². The number of carbonyl (C=O) groups is 1. The number of hydrogen-bond donors (Lipinski definition) is 2. The molecule has 0 spiro atoms. The molecule has 0 bridgehead atoms. The fraction of sp³-hybridized carbons (Fsp3) is 0.130. The first kappa shape index (κ1) is 21.8. The zero-order valence-electron chi connectivity index (χ0n) is 17.4. The van der Waals surface area contributed by atoms with E-state index in [0.717, 1.165) is 0 Å². The number of benzene rings is 2. The van der Waals surface area contributed by atoms with Crippen LogP contribution in [0.4, 0.5) is 18.9 Å². The number of anilines is 1. The minimum absolute atomic E-state index is 0.0476. The number of alkyl halides is 3. The van der Waals surface area contributed by atoms with E-state index in [4.69, 9.17) is 0 Å². The molecule has 2 aromatic heterocycles. The normalized spacial score (nSPS) is 11.4. The molecule has 0 aliphatic heterocycles. The summed E-state index contributed by atoms with van der Waals surface area (Å²) < 4.78 is 42.0. The molecule has 0 radical (unpaired) electrons. The number of hydrogen-bond acceptors (Lipinski definition) is 4. The Bertz CT molecular complexity index is 1500. The van der Waals surface area contributed by atoms with Crippen molar-refractivity contribution in [2.24, 2.45) is 0 Å². The Balaban J connectivity index is 1.91. The van der Waals surface area contributed by atoms with Crippen LogP contribution in [0.3, 0.4) is 0 Å². The van der Waals surface area contributed by atoms with Crippen LogP contribution in [0.15, 0.2) is 53.3 Å². The number of carbonyl (C=O) groups excluding carboxylic acids is 1.